The minimum atomic E-state index is -0.125. The second kappa shape index (κ2) is 14.3. The molecule has 0 aliphatic carbocycles. The number of nitrogens with zero attached hydrogens (tertiary/aromatic N) is 2. The van der Waals surface area contributed by atoms with Gasteiger partial charge in [0.2, 0.25) is 0 Å². The molecule has 6 heteroatoms. The number of aldehydes is 2. The molecule has 0 bridgehead atoms. The molecule has 0 saturated carbocycles. The van der Waals surface area contributed by atoms with Crippen molar-refractivity contribution in [2.75, 3.05) is 27.7 Å². The highest BCUT2D eigenvalue weighted by atomic mass is 35.5. The lowest BCUT2D eigenvalue weighted by molar-refractivity contribution is -0.123. The molecule has 1 aliphatic rings. The van der Waals surface area contributed by atoms with Crippen LogP contribution in [-0.2, 0) is 22.6 Å². The summed E-state index contributed by atoms with van der Waals surface area (Å²) in [6.07, 6.45) is 3.46. The third-order valence-corrected chi connectivity index (χ3v) is 6.65. The summed E-state index contributed by atoms with van der Waals surface area (Å²) >= 11 is 5.73. The zero-order valence-corrected chi connectivity index (χ0v) is 23.0. The highest BCUT2D eigenvalue weighted by Crippen LogP contribution is 2.24. The van der Waals surface area contributed by atoms with Crippen LogP contribution in [0.4, 0.5) is 0 Å². The van der Waals surface area contributed by atoms with Gasteiger partial charge in [-0.1, -0.05) is 72.3 Å². The molecule has 4 rings (SSSR count). The Bertz CT molecular complexity index is 1050. The topological polar surface area (TPSA) is 40.6 Å². The minimum absolute atomic E-state index is 0.125. The van der Waals surface area contributed by atoms with Gasteiger partial charge in [0.1, 0.15) is 12.6 Å². The van der Waals surface area contributed by atoms with Gasteiger partial charge in [-0.15, -0.1) is 9.24 Å². The molecule has 3 aromatic carbocycles. The van der Waals surface area contributed by atoms with E-state index in [2.05, 4.69) is 69.5 Å². The van der Waals surface area contributed by atoms with Crippen molar-refractivity contribution in [3.05, 3.63) is 88.9 Å². The molecule has 0 aromatic heterocycles. The molecule has 1 heterocycles. The molecular weight excluding hydrogens is 475 g/mol. The van der Waals surface area contributed by atoms with Crippen molar-refractivity contribution >= 4 is 38.7 Å². The van der Waals surface area contributed by atoms with Crippen LogP contribution in [0.15, 0.2) is 72.8 Å². The second-order valence-corrected chi connectivity index (χ2v) is 10.3. The number of likely N-dealkylation sites (N-methyl/N-ethyl adjacent to an activating group) is 1. The molecule has 0 radical (unpaired) electrons. The van der Waals surface area contributed by atoms with E-state index in [-0.39, 0.29) is 5.54 Å². The molecule has 1 aliphatic heterocycles. The zero-order chi connectivity index (χ0) is 25.8. The molecule has 0 N–H and O–H groups in total. The SMILES string of the molecule is CN(C)Cc1ccc(Cl)cc1.CN1CCC1(C)C=O.O=CCc1ccc(-c2ccc(P)cc2)cc1. The van der Waals surface area contributed by atoms with Crippen LogP contribution >= 0.6 is 20.8 Å². The van der Waals surface area contributed by atoms with E-state index in [4.69, 9.17) is 11.6 Å². The van der Waals surface area contributed by atoms with Gasteiger partial charge in [-0.2, -0.15) is 0 Å². The lowest BCUT2D eigenvalue weighted by Crippen LogP contribution is -2.56. The van der Waals surface area contributed by atoms with Crippen molar-refractivity contribution in [2.45, 2.75) is 31.8 Å². The lowest BCUT2D eigenvalue weighted by Gasteiger charge is -2.44. The molecule has 3 aromatic rings. The van der Waals surface area contributed by atoms with Crippen molar-refractivity contribution < 1.29 is 9.59 Å². The summed E-state index contributed by atoms with van der Waals surface area (Å²) in [5, 5.41) is 1.98. The van der Waals surface area contributed by atoms with Crippen LogP contribution in [-0.4, -0.2) is 55.6 Å². The van der Waals surface area contributed by atoms with Gasteiger partial charge < -0.3 is 14.5 Å². The van der Waals surface area contributed by atoms with Crippen LogP contribution < -0.4 is 5.30 Å². The fraction of sp³-hybridized carbons (Fsp3) is 0.310. The van der Waals surface area contributed by atoms with Gasteiger partial charge in [-0.3, -0.25) is 4.90 Å². The van der Waals surface area contributed by atoms with E-state index >= 15 is 0 Å². The van der Waals surface area contributed by atoms with Crippen LogP contribution in [0.25, 0.3) is 11.1 Å². The monoisotopic (exact) mass is 510 g/mol. The molecule has 186 valence electrons. The van der Waals surface area contributed by atoms with E-state index in [9.17, 15) is 9.59 Å². The average Bonchev–Trinajstić information content (AvgIpc) is 2.86. The third kappa shape index (κ3) is 9.66. The predicted octanol–water partition coefficient (Wildman–Crippen LogP) is 5.28. The summed E-state index contributed by atoms with van der Waals surface area (Å²) in [5.41, 5.74) is 4.60. The van der Waals surface area contributed by atoms with Crippen LogP contribution in [0.2, 0.25) is 5.02 Å². The number of carbonyl (C=O) groups is 2. The Balaban J connectivity index is 0.000000198. The van der Waals surface area contributed by atoms with Crippen LogP contribution in [0.5, 0.6) is 0 Å². The highest BCUT2D eigenvalue weighted by molar-refractivity contribution is 7.27. The summed E-state index contributed by atoms with van der Waals surface area (Å²) in [5.74, 6) is 0. The Morgan fingerprint density at radius 3 is 1.80 bits per heavy atom. The molecular formula is C29H36ClN2O2P. The molecule has 4 nitrogen and oxygen atoms in total. The maximum atomic E-state index is 10.4. The first kappa shape index (κ1) is 28.9. The van der Waals surface area contributed by atoms with E-state index in [1.54, 1.807) is 0 Å². The Morgan fingerprint density at radius 2 is 1.43 bits per heavy atom. The van der Waals surface area contributed by atoms with Gasteiger partial charge in [0.05, 0.1) is 5.54 Å². The third-order valence-electron chi connectivity index (χ3n) is 6.01. The van der Waals surface area contributed by atoms with E-state index in [1.807, 2.05) is 50.4 Å². The van der Waals surface area contributed by atoms with Crippen LogP contribution in [0.3, 0.4) is 0 Å². The summed E-state index contributed by atoms with van der Waals surface area (Å²) < 4.78 is 0. The number of hydrogen-bond donors (Lipinski definition) is 0. The van der Waals surface area contributed by atoms with Crippen molar-refractivity contribution in [2.24, 2.45) is 0 Å². The first-order valence-electron chi connectivity index (χ1n) is 11.6. The van der Waals surface area contributed by atoms with Crippen molar-refractivity contribution in [1.29, 1.82) is 0 Å². The maximum absolute atomic E-state index is 10.4. The number of likely N-dealkylation sites (tertiary alicyclic amines) is 1. The highest BCUT2D eigenvalue weighted by Gasteiger charge is 2.36. The van der Waals surface area contributed by atoms with Gasteiger partial charge in [0.15, 0.2) is 0 Å². The quantitative estimate of drug-likeness (QED) is 0.334. The van der Waals surface area contributed by atoms with Crippen LogP contribution in [0.1, 0.15) is 24.5 Å². The normalized spacial score (nSPS) is 16.8. The number of rotatable bonds is 6. The molecule has 1 saturated heterocycles. The number of carbonyl (C=O) groups excluding carboxylic acids is 2. The van der Waals surface area contributed by atoms with Crippen molar-refractivity contribution in [3.63, 3.8) is 0 Å². The minimum Gasteiger partial charge on any atom is -0.305 e. The summed E-state index contributed by atoms with van der Waals surface area (Å²) in [6, 6.07) is 24.3. The van der Waals surface area contributed by atoms with E-state index in [1.165, 1.54) is 22.0 Å². The van der Waals surface area contributed by atoms with Gasteiger partial charge in [0, 0.05) is 24.5 Å². The molecule has 35 heavy (non-hydrogen) atoms. The van der Waals surface area contributed by atoms with Crippen molar-refractivity contribution in [3.8, 4) is 11.1 Å². The molecule has 0 spiro atoms. The van der Waals surface area contributed by atoms with E-state index in [0.29, 0.717) is 6.42 Å². The van der Waals surface area contributed by atoms with Gasteiger partial charge in [-0.05, 0) is 74.2 Å². The van der Waals surface area contributed by atoms with Gasteiger partial charge in [0.25, 0.3) is 0 Å². The smallest absolute Gasteiger partial charge is 0.140 e. The fourth-order valence-corrected chi connectivity index (χ4v) is 3.72. The molecule has 0 amide bonds. The summed E-state index contributed by atoms with van der Waals surface area (Å²) in [4.78, 5) is 24.8. The summed E-state index contributed by atoms with van der Waals surface area (Å²) in [6.45, 7) is 4.00. The van der Waals surface area contributed by atoms with E-state index in [0.717, 1.165) is 42.7 Å². The number of benzene rings is 3. The van der Waals surface area contributed by atoms with Crippen molar-refractivity contribution in [1.82, 2.24) is 9.80 Å². The predicted molar refractivity (Wildman–Crippen MR) is 152 cm³/mol. The Labute approximate surface area is 217 Å². The average molecular weight is 511 g/mol. The Kier molecular flexibility index (Phi) is 11.8. The second-order valence-electron chi connectivity index (χ2n) is 9.20. The fourth-order valence-electron chi connectivity index (χ4n) is 3.40. The summed E-state index contributed by atoms with van der Waals surface area (Å²) in [7, 11) is 8.74. The Morgan fingerprint density at radius 1 is 0.914 bits per heavy atom. The number of halogens is 1. The van der Waals surface area contributed by atoms with E-state index < -0.39 is 0 Å². The zero-order valence-electron chi connectivity index (χ0n) is 21.1. The largest absolute Gasteiger partial charge is 0.305 e. The van der Waals surface area contributed by atoms with Gasteiger partial charge in [-0.25, -0.2) is 0 Å². The van der Waals surface area contributed by atoms with Crippen LogP contribution in [0, 0.1) is 0 Å². The first-order chi connectivity index (χ1) is 16.7. The lowest BCUT2D eigenvalue weighted by atomic mass is 9.89. The molecule has 2 atom stereocenters. The molecule has 1 fully saturated rings. The molecule has 2 unspecified atom stereocenters. The number of hydrogen-bond acceptors (Lipinski definition) is 4. The maximum Gasteiger partial charge on any atom is 0.140 e. The first-order valence-corrected chi connectivity index (χ1v) is 12.6. The standard InChI is InChI=1S/C14H13OP.C9H12ClN.C6H11NO/c15-10-9-11-1-3-12(4-2-11)13-5-7-14(16)8-6-13;1-11(2)7-8-3-5-9(10)6-4-8;1-6(5-8)3-4-7(6)2/h1-8,10H,9,16H2;3-6H,7H2,1-2H3;5H,3-4H2,1-2H3. The van der Waals surface area contributed by atoms with Gasteiger partial charge >= 0.3 is 0 Å². The Hall–Kier alpha value is -2.36.